The summed E-state index contributed by atoms with van der Waals surface area (Å²) in [5.41, 5.74) is -2.74. The van der Waals surface area contributed by atoms with Gasteiger partial charge in [0.05, 0.1) is 12.8 Å². The minimum atomic E-state index is -2.74. The molecule has 15 heavy (non-hydrogen) atoms. The Balaban J connectivity index is -0.000000720. The Kier molecular flexibility index (Phi) is 10.3. The second-order valence-electron chi connectivity index (χ2n) is 2.48. The summed E-state index contributed by atoms with van der Waals surface area (Å²) >= 11 is 0. The second kappa shape index (κ2) is 7.74. The maximum absolute atomic E-state index is 10.3. The number of carbonyl (C=O) groups is 3. The van der Waals surface area contributed by atoms with Crippen LogP contribution in [-0.4, -0.2) is 67.0 Å². The van der Waals surface area contributed by atoms with E-state index in [2.05, 4.69) is 0 Å². The van der Waals surface area contributed by atoms with Crippen molar-refractivity contribution in [2.24, 2.45) is 0 Å². The first-order valence-electron chi connectivity index (χ1n) is 3.17. The first-order valence-corrected chi connectivity index (χ1v) is 3.17. The maximum atomic E-state index is 10.3. The van der Waals surface area contributed by atoms with Crippen LogP contribution < -0.4 is 0 Å². The fraction of sp³-hybridized carbons (Fsp3) is 0.500. The Hall–Kier alpha value is -0.514. The van der Waals surface area contributed by atoms with Crippen molar-refractivity contribution in [2.75, 3.05) is 0 Å². The number of carboxylic acids is 3. The van der Waals surface area contributed by atoms with Gasteiger partial charge in [0.1, 0.15) is 0 Å². The standard InChI is InChI=1S/C6H8O7.Mg.H2S.2H/c7-3(8)1-6(13,5(11)12)2-4(9)10;;;;/h13H,1-2H2,(H,7,8)(H,9,10)(H,11,12);;1H2;;. The van der Waals surface area contributed by atoms with Gasteiger partial charge in [-0.05, 0) is 0 Å². The average Bonchev–Trinajstić information content (AvgIpc) is 1.82. The molecule has 0 spiro atoms. The fourth-order valence-electron chi connectivity index (χ4n) is 0.714. The lowest BCUT2D eigenvalue weighted by molar-refractivity contribution is -0.170. The summed E-state index contributed by atoms with van der Waals surface area (Å²) in [7, 11) is 0. The van der Waals surface area contributed by atoms with Gasteiger partial charge in [-0.25, -0.2) is 4.79 Å². The summed E-state index contributed by atoms with van der Waals surface area (Å²) in [5, 5.41) is 33.8. The smallest absolute Gasteiger partial charge is 0.336 e. The molecule has 0 aliphatic heterocycles. The fourth-order valence-corrected chi connectivity index (χ4v) is 0.714. The first-order chi connectivity index (χ1) is 5.78. The van der Waals surface area contributed by atoms with E-state index in [1.165, 1.54) is 0 Å². The minimum Gasteiger partial charge on any atom is -0.481 e. The van der Waals surface area contributed by atoms with E-state index in [0.29, 0.717) is 0 Å². The van der Waals surface area contributed by atoms with Gasteiger partial charge in [0.2, 0.25) is 0 Å². The van der Waals surface area contributed by atoms with Crippen molar-refractivity contribution in [3.05, 3.63) is 0 Å². The normalized spacial score (nSPS) is 9.40. The predicted molar refractivity (Wildman–Crippen MR) is 56.0 cm³/mol. The number of hydrogen-bond donors (Lipinski definition) is 4. The average molecular weight is 253 g/mol. The molecule has 9 heteroatoms. The minimum absolute atomic E-state index is 0. The molecule has 0 saturated carbocycles. The number of rotatable bonds is 5. The van der Waals surface area contributed by atoms with Crippen LogP contribution in [0.15, 0.2) is 0 Å². The Morgan fingerprint density at radius 2 is 1.20 bits per heavy atom. The van der Waals surface area contributed by atoms with Gasteiger partial charge in [-0.2, -0.15) is 13.5 Å². The van der Waals surface area contributed by atoms with Gasteiger partial charge in [0, 0.05) is 0 Å². The summed E-state index contributed by atoms with van der Waals surface area (Å²) < 4.78 is 0. The SMILES string of the molecule is O=C(O)CC(O)(CC(=O)O)C(=O)O.S.[MgH2]. The lowest BCUT2D eigenvalue weighted by Crippen LogP contribution is -2.42. The molecule has 7 nitrogen and oxygen atoms in total. The Labute approximate surface area is 108 Å². The number of carboxylic acid groups (broad SMARTS) is 3. The van der Waals surface area contributed by atoms with Crippen LogP contribution >= 0.6 is 13.5 Å². The predicted octanol–water partition coefficient (Wildman–Crippen LogP) is -2.05. The zero-order valence-corrected chi connectivity index (χ0v) is 7.93. The summed E-state index contributed by atoms with van der Waals surface area (Å²) in [5.74, 6) is -5.02. The molecule has 0 aromatic carbocycles. The molecule has 0 aliphatic carbocycles. The molecule has 0 aromatic heterocycles. The highest BCUT2D eigenvalue weighted by Crippen LogP contribution is 2.15. The summed E-state index contributed by atoms with van der Waals surface area (Å²) in [6.07, 6.45) is -2.29. The molecule has 0 radical (unpaired) electrons. The van der Waals surface area contributed by atoms with Crippen molar-refractivity contribution in [3.63, 3.8) is 0 Å². The zero-order chi connectivity index (χ0) is 10.6. The Morgan fingerprint density at radius 3 is 1.33 bits per heavy atom. The molecular weight excluding hydrogens is 240 g/mol. The van der Waals surface area contributed by atoms with Crippen molar-refractivity contribution in [2.45, 2.75) is 18.4 Å². The van der Waals surface area contributed by atoms with Crippen molar-refractivity contribution < 1.29 is 34.8 Å². The summed E-state index contributed by atoms with van der Waals surface area (Å²) in [6.45, 7) is 0. The van der Waals surface area contributed by atoms with Gasteiger partial charge < -0.3 is 20.4 Å². The Bertz CT molecular complexity index is 238. The topological polar surface area (TPSA) is 132 Å². The number of hydrogen-bond acceptors (Lipinski definition) is 4. The molecule has 0 fully saturated rings. The van der Waals surface area contributed by atoms with Gasteiger partial charge in [-0.15, -0.1) is 0 Å². The van der Waals surface area contributed by atoms with Crippen LogP contribution in [0.5, 0.6) is 0 Å². The van der Waals surface area contributed by atoms with Crippen LogP contribution in [-0.2, 0) is 14.4 Å². The second-order valence-corrected chi connectivity index (χ2v) is 2.48. The molecular formula is C6H12MgO7S. The van der Waals surface area contributed by atoms with Crippen molar-refractivity contribution in [1.82, 2.24) is 0 Å². The molecule has 0 aromatic rings. The molecule has 0 heterocycles. The molecule has 0 atom stereocenters. The van der Waals surface area contributed by atoms with E-state index in [-0.39, 0.29) is 36.5 Å². The van der Waals surface area contributed by atoms with E-state index in [1.807, 2.05) is 0 Å². The third-order valence-electron chi connectivity index (χ3n) is 1.29. The summed E-state index contributed by atoms with van der Waals surface area (Å²) in [6, 6.07) is 0. The molecule has 0 bridgehead atoms. The first kappa shape index (κ1) is 20.0. The maximum Gasteiger partial charge on any atom is 0.336 e. The van der Waals surface area contributed by atoms with Gasteiger partial charge in [0.15, 0.2) is 5.60 Å². The monoisotopic (exact) mass is 252 g/mol. The highest BCUT2D eigenvalue weighted by atomic mass is 32.1. The van der Waals surface area contributed by atoms with E-state index in [1.54, 1.807) is 0 Å². The largest absolute Gasteiger partial charge is 0.481 e. The van der Waals surface area contributed by atoms with E-state index >= 15 is 0 Å². The van der Waals surface area contributed by atoms with Crippen molar-refractivity contribution in [3.8, 4) is 0 Å². The molecule has 0 saturated heterocycles. The third-order valence-corrected chi connectivity index (χ3v) is 1.29. The molecule has 0 rings (SSSR count). The highest BCUT2D eigenvalue weighted by molar-refractivity contribution is 7.59. The van der Waals surface area contributed by atoms with Gasteiger partial charge in [-0.1, -0.05) is 0 Å². The van der Waals surface area contributed by atoms with Gasteiger partial charge >= 0.3 is 41.0 Å². The summed E-state index contributed by atoms with van der Waals surface area (Å²) in [4.78, 5) is 30.5. The van der Waals surface area contributed by atoms with Gasteiger partial charge in [-0.3, -0.25) is 9.59 Å². The van der Waals surface area contributed by atoms with Crippen LogP contribution in [0.25, 0.3) is 0 Å². The van der Waals surface area contributed by atoms with Crippen LogP contribution in [0, 0.1) is 0 Å². The molecule has 0 aliphatic rings. The van der Waals surface area contributed by atoms with E-state index < -0.39 is 36.4 Å². The number of aliphatic carboxylic acids is 3. The van der Waals surface area contributed by atoms with Crippen LogP contribution in [0.2, 0.25) is 0 Å². The van der Waals surface area contributed by atoms with Crippen LogP contribution in [0.4, 0.5) is 0 Å². The van der Waals surface area contributed by atoms with E-state index in [9.17, 15) is 14.4 Å². The highest BCUT2D eigenvalue weighted by Gasteiger charge is 2.40. The zero-order valence-electron chi connectivity index (χ0n) is 6.93. The van der Waals surface area contributed by atoms with Crippen LogP contribution in [0.3, 0.4) is 0 Å². The third kappa shape index (κ3) is 7.42. The number of aliphatic hydroxyl groups is 1. The molecule has 4 N–H and O–H groups in total. The van der Waals surface area contributed by atoms with Crippen LogP contribution in [0.1, 0.15) is 12.8 Å². The lowest BCUT2D eigenvalue weighted by Gasteiger charge is -2.18. The molecule has 86 valence electrons. The van der Waals surface area contributed by atoms with E-state index in [4.69, 9.17) is 20.4 Å². The quantitative estimate of drug-likeness (QED) is 0.414. The molecule has 0 unspecified atom stereocenters. The van der Waals surface area contributed by atoms with E-state index in [0.717, 1.165) is 0 Å². The molecule has 0 amide bonds. The lowest BCUT2D eigenvalue weighted by atomic mass is 9.96. The van der Waals surface area contributed by atoms with Crippen molar-refractivity contribution in [1.29, 1.82) is 0 Å². The Morgan fingerprint density at radius 1 is 0.933 bits per heavy atom. The van der Waals surface area contributed by atoms with Crippen molar-refractivity contribution >= 4 is 54.5 Å². The van der Waals surface area contributed by atoms with Gasteiger partial charge in [0.25, 0.3) is 0 Å².